The third kappa shape index (κ3) is 2.51. The lowest BCUT2D eigenvalue weighted by Crippen LogP contribution is -2.52. The molecular weight excluding hydrogens is 250 g/mol. The van der Waals surface area contributed by atoms with Crippen LogP contribution in [-0.4, -0.2) is 33.1 Å². The number of hydrogen-bond acceptors (Lipinski definition) is 4. The molecule has 0 spiro atoms. The van der Waals surface area contributed by atoms with E-state index in [0.29, 0.717) is 0 Å². The van der Waals surface area contributed by atoms with E-state index in [0.717, 1.165) is 37.7 Å². The molecule has 2 atom stereocenters. The number of nitrogens with zero attached hydrogens (tertiary/aromatic N) is 1. The summed E-state index contributed by atoms with van der Waals surface area (Å²) in [5.74, 6) is 0. The molecule has 2 fully saturated rings. The minimum Gasteiger partial charge on any atom is -0.444 e. The number of ether oxygens (including phenoxy) is 1. The third-order valence-corrected chi connectivity index (χ3v) is 4.77. The summed E-state index contributed by atoms with van der Waals surface area (Å²) in [7, 11) is 0. The van der Waals surface area contributed by atoms with Gasteiger partial charge < -0.3 is 4.74 Å². The molecule has 0 N–H and O–H groups in total. The van der Waals surface area contributed by atoms with Gasteiger partial charge in [-0.1, -0.05) is 11.8 Å². The van der Waals surface area contributed by atoms with Crippen molar-refractivity contribution in [3.05, 3.63) is 0 Å². The van der Waals surface area contributed by atoms with Gasteiger partial charge in [0.25, 0.3) is 0 Å². The summed E-state index contributed by atoms with van der Waals surface area (Å²) < 4.78 is 5.49. The molecule has 2 saturated heterocycles. The van der Waals surface area contributed by atoms with Gasteiger partial charge in [0.15, 0.2) is 5.62 Å². The molecule has 2 heterocycles. The number of carbonyl (C=O) groups is 2. The molecule has 1 amide bonds. The number of piperidine rings is 1. The van der Waals surface area contributed by atoms with Crippen LogP contribution < -0.4 is 0 Å². The van der Waals surface area contributed by atoms with Crippen molar-refractivity contribution in [3.63, 3.8) is 0 Å². The number of fused-ring (bicyclic) bond motifs is 2. The van der Waals surface area contributed by atoms with Crippen molar-refractivity contribution >= 4 is 23.5 Å². The van der Waals surface area contributed by atoms with Crippen LogP contribution in [0.25, 0.3) is 0 Å². The van der Waals surface area contributed by atoms with Crippen molar-refractivity contribution < 1.29 is 14.3 Å². The lowest BCUT2D eigenvalue weighted by atomic mass is 10.0. The fraction of sp³-hybridized carbons (Fsp3) is 0.846. The van der Waals surface area contributed by atoms with E-state index in [2.05, 4.69) is 0 Å². The number of carbonyl (C=O) groups excluding carboxylic acids is 2. The van der Waals surface area contributed by atoms with Crippen molar-refractivity contribution in [1.29, 1.82) is 0 Å². The molecule has 4 nitrogen and oxygen atoms in total. The SMILES string of the molecule is CC(C)(C)OC(=O)N1C2CCCC1(SC=O)CC2. The monoisotopic (exact) mass is 271 g/mol. The maximum atomic E-state index is 12.3. The minimum absolute atomic E-state index is 0.251. The molecule has 0 aromatic carbocycles. The summed E-state index contributed by atoms with van der Waals surface area (Å²) in [4.78, 5) is 24.7. The van der Waals surface area contributed by atoms with E-state index in [1.165, 1.54) is 11.8 Å². The predicted octanol–water partition coefficient (Wildman–Crippen LogP) is 3.19. The fourth-order valence-electron chi connectivity index (χ4n) is 3.00. The van der Waals surface area contributed by atoms with Gasteiger partial charge in [-0.15, -0.1) is 0 Å². The highest BCUT2D eigenvalue weighted by Crippen LogP contribution is 2.50. The molecule has 0 aromatic heterocycles. The fourth-order valence-corrected chi connectivity index (χ4v) is 4.01. The highest BCUT2D eigenvalue weighted by molar-refractivity contribution is 8.13. The van der Waals surface area contributed by atoms with Gasteiger partial charge in [0, 0.05) is 6.04 Å². The number of rotatable bonds is 2. The van der Waals surface area contributed by atoms with Crippen LogP contribution in [0.3, 0.4) is 0 Å². The second-order valence-corrected chi connectivity index (χ2v) is 7.28. The van der Waals surface area contributed by atoms with E-state index >= 15 is 0 Å². The zero-order valence-electron chi connectivity index (χ0n) is 11.3. The maximum absolute atomic E-state index is 12.3. The van der Waals surface area contributed by atoms with Crippen molar-refractivity contribution in [3.8, 4) is 0 Å². The molecule has 18 heavy (non-hydrogen) atoms. The summed E-state index contributed by atoms with van der Waals surface area (Å²) in [6.45, 7) is 5.61. The smallest absolute Gasteiger partial charge is 0.411 e. The van der Waals surface area contributed by atoms with E-state index in [-0.39, 0.29) is 17.0 Å². The topological polar surface area (TPSA) is 46.6 Å². The Morgan fingerprint density at radius 2 is 2.11 bits per heavy atom. The van der Waals surface area contributed by atoms with Crippen molar-refractivity contribution in [2.45, 2.75) is 69.4 Å². The van der Waals surface area contributed by atoms with Crippen molar-refractivity contribution in [1.82, 2.24) is 4.90 Å². The van der Waals surface area contributed by atoms with Gasteiger partial charge in [-0.3, -0.25) is 9.69 Å². The van der Waals surface area contributed by atoms with Crippen LogP contribution in [0.1, 0.15) is 52.9 Å². The molecule has 2 aliphatic rings. The Labute approximate surface area is 112 Å². The van der Waals surface area contributed by atoms with Gasteiger partial charge in [0.05, 0.1) is 4.87 Å². The molecular formula is C13H21NO3S. The predicted molar refractivity (Wildman–Crippen MR) is 72.0 cm³/mol. The maximum Gasteiger partial charge on any atom is 0.411 e. The molecule has 5 heteroatoms. The van der Waals surface area contributed by atoms with Crippen molar-refractivity contribution in [2.75, 3.05) is 0 Å². The van der Waals surface area contributed by atoms with E-state index in [1.807, 2.05) is 25.7 Å². The Kier molecular flexibility index (Phi) is 3.63. The van der Waals surface area contributed by atoms with Crippen LogP contribution in [0.5, 0.6) is 0 Å². The van der Waals surface area contributed by atoms with Gasteiger partial charge in [-0.05, 0) is 52.9 Å². The van der Waals surface area contributed by atoms with Crippen LogP contribution >= 0.6 is 11.8 Å². The molecule has 0 radical (unpaired) electrons. The summed E-state index contributed by atoms with van der Waals surface area (Å²) in [5, 5.41) is 0. The number of thioether (sulfide) groups is 1. The van der Waals surface area contributed by atoms with Gasteiger partial charge in [-0.25, -0.2) is 4.79 Å². The van der Waals surface area contributed by atoms with Gasteiger partial charge in [-0.2, -0.15) is 0 Å². The first-order valence-electron chi connectivity index (χ1n) is 6.52. The normalized spacial score (nSPS) is 31.3. The standard InChI is InChI=1S/C13H21NO3S/c1-12(2,3)17-11(16)14-10-5-4-7-13(14,8-6-10)18-9-15/h9-10H,4-8H2,1-3H3. The first-order valence-corrected chi connectivity index (χ1v) is 7.40. The van der Waals surface area contributed by atoms with Gasteiger partial charge in [0.2, 0.25) is 0 Å². The zero-order valence-corrected chi connectivity index (χ0v) is 12.1. The largest absolute Gasteiger partial charge is 0.444 e. The first-order chi connectivity index (χ1) is 8.38. The first kappa shape index (κ1) is 13.7. The quantitative estimate of drug-likeness (QED) is 0.724. The summed E-state index contributed by atoms with van der Waals surface area (Å²) in [6, 6.07) is 0.251. The van der Waals surface area contributed by atoms with Crippen LogP contribution in [-0.2, 0) is 9.53 Å². The zero-order chi connectivity index (χ0) is 13.4. The molecule has 2 rings (SSSR count). The van der Waals surface area contributed by atoms with Crippen LogP contribution in [0.15, 0.2) is 0 Å². The summed E-state index contributed by atoms with van der Waals surface area (Å²) >= 11 is 1.25. The van der Waals surface area contributed by atoms with Gasteiger partial charge >= 0.3 is 6.09 Å². The number of amides is 1. The Balaban J connectivity index is 2.19. The second kappa shape index (κ2) is 4.76. The molecule has 0 aliphatic carbocycles. The van der Waals surface area contributed by atoms with E-state index in [9.17, 15) is 9.59 Å². The van der Waals surface area contributed by atoms with E-state index in [4.69, 9.17) is 4.74 Å². The highest BCUT2D eigenvalue weighted by Gasteiger charge is 2.52. The molecule has 0 saturated carbocycles. The molecule has 102 valence electrons. The third-order valence-electron chi connectivity index (χ3n) is 3.63. The summed E-state index contributed by atoms with van der Waals surface area (Å²) in [5.41, 5.74) is 0.381. The Morgan fingerprint density at radius 1 is 1.39 bits per heavy atom. The molecule has 2 aliphatic heterocycles. The van der Waals surface area contributed by atoms with E-state index < -0.39 is 5.60 Å². The average Bonchev–Trinajstić information content (AvgIpc) is 2.44. The molecule has 2 unspecified atom stereocenters. The molecule has 0 aromatic rings. The summed E-state index contributed by atoms with van der Waals surface area (Å²) in [6.07, 6.45) is 4.64. The lowest BCUT2D eigenvalue weighted by Gasteiger charge is -2.43. The van der Waals surface area contributed by atoms with Crippen LogP contribution in [0.4, 0.5) is 4.79 Å². The Hall–Kier alpha value is -0.710. The highest BCUT2D eigenvalue weighted by atomic mass is 32.2. The minimum atomic E-state index is -0.485. The number of hydrogen-bond donors (Lipinski definition) is 0. The van der Waals surface area contributed by atoms with Gasteiger partial charge in [0.1, 0.15) is 5.60 Å². The van der Waals surface area contributed by atoms with Crippen LogP contribution in [0, 0.1) is 0 Å². The molecule has 2 bridgehead atoms. The second-order valence-electron chi connectivity index (χ2n) is 6.10. The lowest BCUT2D eigenvalue weighted by molar-refractivity contribution is 0.00319. The Morgan fingerprint density at radius 3 is 2.72 bits per heavy atom. The van der Waals surface area contributed by atoms with E-state index in [1.54, 1.807) is 0 Å². The average molecular weight is 271 g/mol. The van der Waals surface area contributed by atoms with Crippen LogP contribution in [0.2, 0.25) is 0 Å². The Bertz CT molecular complexity index is 349. The van der Waals surface area contributed by atoms with Crippen molar-refractivity contribution in [2.24, 2.45) is 0 Å².